The third-order valence-corrected chi connectivity index (χ3v) is 4.21. The maximum absolute atomic E-state index is 12.8. The first-order valence-corrected chi connectivity index (χ1v) is 8.60. The summed E-state index contributed by atoms with van der Waals surface area (Å²) in [5.41, 5.74) is 3.06. The number of hydrogen-bond donors (Lipinski definition) is 2. The van der Waals surface area contributed by atoms with E-state index in [-0.39, 0.29) is 11.9 Å². The summed E-state index contributed by atoms with van der Waals surface area (Å²) in [6.07, 6.45) is 3.23. The van der Waals surface area contributed by atoms with E-state index in [9.17, 15) is 4.79 Å². The standard InChI is InChI=1S/C20H18N6O/c27-20(18-13-17(24-25-18)15-7-3-1-4-8-15)23-19(14-26-21-11-12-22-26)16-9-5-2-6-10-16/h1-13,19H,14H2,(H,23,27)(H,24,25)/t19-/m0/s1. The summed E-state index contributed by atoms with van der Waals surface area (Å²) >= 11 is 0. The SMILES string of the molecule is O=C(N[C@@H](Cn1nccn1)c1ccccc1)c1cc(-c2ccccc2)n[nH]1. The van der Waals surface area contributed by atoms with Crippen molar-refractivity contribution in [1.82, 2.24) is 30.5 Å². The Morgan fingerprint density at radius 2 is 1.67 bits per heavy atom. The van der Waals surface area contributed by atoms with Gasteiger partial charge < -0.3 is 5.32 Å². The van der Waals surface area contributed by atoms with Crippen molar-refractivity contribution in [1.29, 1.82) is 0 Å². The highest BCUT2D eigenvalue weighted by molar-refractivity contribution is 5.93. The largest absolute Gasteiger partial charge is 0.342 e. The second-order valence-electron chi connectivity index (χ2n) is 6.05. The minimum absolute atomic E-state index is 0.231. The molecule has 4 aromatic rings. The molecule has 0 unspecified atom stereocenters. The highest BCUT2D eigenvalue weighted by Crippen LogP contribution is 2.18. The van der Waals surface area contributed by atoms with E-state index in [4.69, 9.17) is 0 Å². The Balaban J connectivity index is 1.54. The van der Waals surface area contributed by atoms with Gasteiger partial charge in [-0.25, -0.2) is 0 Å². The summed E-state index contributed by atoms with van der Waals surface area (Å²) in [5.74, 6) is -0.231. The lowest BCUT2D eigenvalue weighted by Gasteiger charge is -2.18. The van der Waals surface area contributed by atoms with Gasteiger partial charge >= 0.3 is 0 Å². The molecule has 0 aliphatic rings. The third kappa shape index (κ3) is 3.92. The second kappa shape index (κ2) is 7.65. The Kier molecular flexibility index (Phi) is 4.74. The van der Waals surface area contributed by atoms with Crippen LogP contribution in [0.2, 0.25) is 0 Å². The Morgan fingerprint density at radius 3 is 2.37 bits per heavy atom. The van der Waals surface area contributed by atoms with Gasteiger partial charge in [-0.1, -0.05) is 60.7 Å². The van der Waals surface area contributed by atoms with Gasteiger partial charge in [0.25, 0.3) is 5.91 Å². The molecule has 2 aromatic carbocycles. The van der Waals surface area contributed by atoms with Gasteiger partial charge in [0, 0.05) is 5.56 Å². The zero-order valence-corrected chi connectivity index (χ0v) is 14.5. The van der Waals surface area contributed by atoms with Gasteiger partial charge in [0.1, 0.15) is 5.69 Å². The van der Waals surface area contributed by atoms with E-state index < -0.39 is 0 Å². The van der Waals surface area contributed by atoms with Gasteiger partial charge in [0.05, 0.1) is 30.7 Å². The number of benzene rings is 2. The summed E-state index contributed by atoms with van der Waals surface area (Å²) in [6.45, 7) is 0.433. The fourth-order valence-corrected chi connectivity index (χ4v) is 2.85. The van der Waals surface area contributed by atoms with Crippen LogP contribution in [0, 0.1) is 0 Å². The van der Waals surface area contributed by atoms with Crippen molar-refractivity contribution in [3.05, 3.63) is 90.4 Å². The van der Waals surface area contributed by atoms with Crippen LogP contribution in [0.4, 0.5) is 0 Å². The summed E-state index contributed by atoms with van der Waals surface area (Å²) < 4.78 is 0. The molecule has 4 rings (SSSR count). The first-order chi connectivity index (χ1) is 13.3. The van der Waals surface area contributed by atoms with E-state index in [0.717, 1.165) is 16.8 Å². The van der Waals surface area contributed by atoms with Crippen LogP contribution in [0.25, 0.3) is 11.3 Å². The lowest BCUT2D eigenvalue weighted by Crippen LogP contribution is -2.32. The zero-order chi connectivity index (χ0) is 18.5. The molecule has 27 heavy (non-hydrogen) atoms. The molecule has 0 saturated heterocycles. The highest BCUT2D eigenvalue weighted by Gasteiger charge is 2.19. The quantitative estimate of drug-likeness (QED) is 0.555. The van der Waals surface area contributed by atoms with Crippen LogP contribution in [-0.2, 0) is 6.54 Å². The molecule has 0 aliphatic heterocycles. The summed E-state index contributed by atoms with van der Waals surface area (Å²) in [6, 6.07) is 21.0. The van der Waals surface area contributed by atoms with Gasteiger partial charge in [0.15, 0.2) is 0 Å². The first kappa shape index (κ1) is 16.7. The Bertz CT molecular complexity index is 995. The van der Waals surface area contributed by atoms with Crippen LogP contribution < -0.4 is 5.32 Å². The second-order valence-corrected chi connectivity index (χ2v) is 6.05. The van der Waals surface area contributed by atoms with Crippen LogP contribution in [-0.4, -0.2) is 31.1 Å². The Morgan fingerprint density at radius 1 is 1.00 bits per heavy atom. The summed E-state index contributed by atoms with van der Waals surface area (Å²) in [5, 5.41) is 18.4. The molecule has 0 fully saturated rings. The molecule has 1 atom stereocenters. The van der Waals surface area contributed by atoms with Crippen molar-refractivity contribution in [2.24, 2.45) is 0 Å². The topological polar surface area (TPSA) is 88.5 Å². The third-order valence-electron chi connectivity index (χ3n) is 4.21. The van der Waals surface area contributed by atoms with Crippen LogP contribution in [0.5, 0.6) is 0 Å². The molecule has 134 valence electrons. The monoisotopic (exact) mass is 358 g/mol. The van der Waals surface area contributed by atoms with E-state index >= 15 is 0 Å². The normalized spacial score (nSPS) is 11.9. The van der Waals surface area contributed by atoms with Gasteiger partial charge in [-0.15, -0.1) is 0 Å². The van der Waals surface area contributed by atoms with Crippen LogP contribution in [0.1, 0.15) is 22.1 Å². The van der Waals surface area contributed by atoms with Gasteiger partial charge in [0.2, 0.25) is 0 Å². The predicted molar refractivity (Wildman–Crippen MR) is 101 cm³/mol. The molecule has 7 heteroatoms. The highest BCUT2D eigenvalue weighted by atomic mass is 16.2. The number of rotatable bonds is 6. The fraction of sp³-hybridized carbons (Fsp3) is 0.100. The van der Waals surface area contributed by atoms with E-state index in [2.05, 4.69) is 25.7 Å². The smallest absolute Gasteiger partial charge is 0.269 e. The van der Waals surface area contributed by atoms with Gasteiger partial charge in [-0.05, 0) is 11.6 Å². The first-order valence-electron chi connectivity index (χ1n) is 8.60. The number of hydrogen-bond acceptors (Lipinski definition) is 4. The average Bonchev–Trinajstić information content (AvgIpc) is 3.41. The van der Waals surface area contributed by atoms with Crippen LogP contribution in [0.3, 0.4) is 0 Å². The summed E-state index contributed by atoms with van der Waals surface area (Å²) in [7, 11) is 0. The minimum atomic E-state index is -0.269. The molecule has 0 aliphatic carbocycles. The van der Waals surface area contributed by atoms with E-state index in [0.29, 0.717) is 12.2 Å². The number of nitrogens with zero attached hydrogens (tertiary/aromatic N) is 4. The fourth-order valence-electron chi connectivity index (χ4n) is 2.85. The van der Waals surface area contributed by atoms with Crippen molar-refractivity contribution in [2.75, 3.05) is 0 Å². The molecule has 0 radical (unpaired) electrons. The number of carbonyl (C=O) groups is 1. The Labute approximate surface area is 156 Å². The average molecular weight is 358 g/mol. The van der Waals surface area contributed by atoms with Crippen molar-refractivity contribution in [3.8, 4) is 11.3 Å². The van der Waals surface area contributed by atoms with Crippen molar-refractivity contribution in [2.45, 2.75) is 12.6 Å². The maximum atomic E-state index is 12.8. The number of nitrogens with one attached hydrogen (secondary N) is 2. The zero-order valence-electron chi connectivity index (χ0n) is 14.5. The molecular formula is C20H18N6O. The molecular weight excluding hydrogens is 340 g/mol. The number of aromatic amines is 1. The Hall–Kier alpha value is -3.74. The lowest BCUT2D eigenvalue weighted by molar-refractivity contribution is 0.0925. The van der Waals surface area contributed by atoms with Gasteiger partial charge in [-0.3, -0.25) is 9.89 Å². The minimum Gasteiger partial charge on any atom is -0.342 e. The van der Waals surface area contributed by atoms with Crippen LogP contribution in [0.15, 0.2) is 79.1 Å². The maximum Gasteiger partial charge on any atom is 0.269 e. The summed E-state index contributed by atoms with van der Waals surface area (Å²) in [4.78, 5) is 14.3. The number of H-pyrrole nitrogens is 1. The molecule has 2 N–H and O–H groups in total. The number of amides is 1. The van der Waals surface area contributed by atoms with E-state index in [1.807, 2.05) is 60.7 Å². The van der Waals surface area contributed by atoms with Crippen molar-refractivity contribution < 1.29 is 4.79 Å². The van der Waals surface area contributed by atoms with Crippen LogP contribution >= 0.6 is 0 Å². The molecule has 7 nitrogen and oxygen atoms in total. The van der Waals surface area contributed by atoms with E-state index in [1.54, 1.807) is 23.3 Å². The molecule has 2 aromatic heterocycles. The number of carbonyl (C=O) groups excluding carboxylic acids is 1. The molecule has 0 spiro atoms. The predicted octanol–water partition coefficient (Wildman–Crippen LogP) is 2.84. The van der Waals surface area contributed by atoms with Crippen molar-refractivity contribution >= 4 is 5.91 Å². The molecule has 1 amide bonds. The van der Waals surface area contributed by atoms with Crippen molar-refractivity contribution in [3.63, 3.8) is 0 Å². The lowest BCUT2D eigenvalue weighted by atomic mass is 10.1. The molecule has 0 bridgehead atoms. The molecule has 2 heterocycles. The molecule has 0 saturated carbocycles. The van der Waals surface area contributed by atoms with Gasteiger partial charge in [-0.2, -0.15) is 20.1 Å². The number of aromatic nitrogens is 5. The van der Waals surface area contributed by atoms with E-state index in [1.165, 1.54) is 0 Å².